The first-order chi connectivity index (χ1) is 18.7. The maximum atomic E-state index is 13.4. The van der Waals surface area contributed by atoms with E-state index in [0.717, 1.165) is 19.3 Å². The second kappa shape index (κ2) is 14.2. The number of hydrogen-bond acceptors (Lipinski definition) is 8. The van der Waals surface area contributed by atoms with E-state index in [-0.39, 0.29) is 23.8 Å². The fourth-order valence-corrected chi connectivity index (χ4v) is 3.72. The third-order valence-corrected chi connectivity index (χ3v) is 6.25. The van der Waals surface area contributed by atoms with Gasteiger partial charge in [0.2, 0.25) is 23.7 Å². The smallest absolute Gasteiger partial charge is 0.246 e. The quantitative estimate of drug-likeness (QED) is 0.228. The van der Waals surface area contributed by atoms with Crippen LogP contribution in [0.5, 0.6) is 0 Å². The monoisotopic (exact) mass is 536 g/mol. The molecule has 208 valence electrons. The number of amides is 2. The lowest BCUT2D eigenvalue weighted by molar-refractivity contribution is -0.135. The molecule has 0 unspecified atom stereocenters. The van der Waals surface area contributed by atoms with Crippen LogP contribution in [0.3, 0.4) is 0 Å². The molecule has 0 bridgehead atoms. The summed E-state index contributed by atoms with van der Waals surface area (Å²) in [5.41, 5.74) is 1.16. The van der Waals surface area contributed by atoms with Gasteiger partial charge >= 0.3 is 0 Å². The van der Waals surface area contributed by atoms with Gasteiger partial charge in [0.1, 0.15) is 11.9 Å². The highest BCUT2D eigenvalue weighted by molar-refractivity contribution is 5.92. The minimum absolute atomic E-state index is 0.0216. The van der Waals surface area contributed by atoms with E-state index in [4.69, 9.17) is 0 Å². The topological polar surface area (TPSA) is 115 Å². The Morgan fingerprint density at radius 3 is 2.72 bits per heavy atom. The molecule has 0 spiro atoms. The lowest BCUT2D eigenvalue weighted by Gasteiger charge is -2.34. The van der Waals surface area contributed by atoms with Gasteiger partial charge in [0.25, 0.3) is 0 Å². The van der Waals surface area contributed by atoms with E-state index in [1.165, 1.54) is 23.2 Å². The summed E-state index contributed by atoms with van der Waals surface area (Å²) >= 11 is 0. The number of likely N-dealkylation sites (N-methyl/N-ethyl adjacent to an activating group) is 2. The summed E-state index contributed by atoms with van der Waals surface area (Å²) in [7, 11) is 5.47. The molecule has 3 rings (SSSR count). The molecule has 39 heavy (non-hydrogen) atoms. The highest BCUT2D eigenvalue weighted by Crippen LogP contribution is 2.27. The SMILES string of the molecule is CCCNc1nc(Nc2ccnc(F)c2)ncc1C#C[C@H]1C[C@@H](NC(=O)[C@H](C)N(C)C(=O)/C=C/CN(C)C)C1. The van der Waals surface area contributed by atoms with Gasteiger partial charge in [0.15, 0.2) is 0 Å². The Kier molecular flexibility index (Phi) is 10.8. The first-order valence-corrected chi connectivity index (χ1v) is 13.1. The van der Waals surface area contributed by atoms with Crippen LogP contribution in [-0.2, 0) is 9.59 Å². The third-order valence-electron chi connectivity index (χ3n) is 6.25. The Morgan fingerprint density at radius 1 is 1.26 bits per heavy atom. The van der Waals surface area contributed by atoms with Crippen LogP contribution in [-0.4, -0.2) is 82.9 Å². The maximum Gasteiger partial charge on any atom is 0.246 e. The average Bonchev–Trinajstić information content (AvgIpc) is 2.88. The van der Waals surface area contributed by atoms with Crippen molar-refractivity contribution in [2.75, 3.05) is 44.9 Å². The molecule has 1 aliphatic rings. The number of aromatic nitrogens is 3. The predicted octanol–water partition coefficient (Wildman–Crippen LogP) is 2.79. The first-order valence-electron chi connectivity index (χ1n) is 13.1. The van der Waals surface area contributed by atoms with Crippen LogP contribution in [0.4, 0.5) is 21.8 Å². The minimum Gasteiger partial charge on any atom is -0.369 e. The zero-order chi connectivity index (χ0) is 28.4. The molecule has 1 atom stereocenters. The Balaban J connectivity index is 1.54. The van der Waals surface area contributed by atoms with E-state index < -0.39 is 12.0 Å². The van der Waals surface area contributed by atoms with Gasteiger partial charge < -0.3 is 25.8 Å². The summed E-state index contributed by atoms with van der Waals surface area (Å²) in [5.74, 6) is 6.50. The van der Waals surface area contributed by atoms with Crippen LogP contribution >= 0.6 is 0 Å². The van der Waals surface area contributed by atoms with Gasteiger partial charge in [-0.25, -0.2) is 9.97 Å². The largest absolute Gasteiger partial charge is 0.369 e. The molecular weight excluding hydrogens is 499 g/mol. The number of hydrogen-bond donors (Lipinski definition) is 3. The fourth-order valence-electron chi connectivity index (χ4n) is 3.72. The number of nitrogens with zero attached hydrogens (tertiary/aromatic N) is 5. The fraction of sp³-hybridized carbons (Fsp3) is 0.464. The number of carbonyl (C=O) groups is 2. The maximum absolute atomic E-state index is 13.4. The highest BCUT2D eigenvalue weighted by atomic mass is 19.1. The van der Waals surface area contributed by atoms with Crippen molar-refractivity contribution in [2.45, 2.75) is 45.2 Å². The number of pyridine rings is 1. The summed E-state index contributed by atoms with van der Waals surface area (Å²) in [4.78, 5) is 40.7. The van der Waals surface area contributed by atoms with Crippen LogP contribution in [0.2, 0.25) is 0 Å². The standard InChI is InChI=1S/C28H37FN8O2/c1-6-12-31-26-21(18-32-28(35-26)34-22-11-13-30-24(29)17-22)10-9-20-15-23(16-20)33-27(39)19(2)37(5)25(38)8-7-14-36(3)4/h7-8,11,13,17-20,23H,6,12,14-16H2,1-5H3,(H,33,39)(H2,30,31,32,34,35)/b8-7+/t19-,20-,23+/m0/s1. The Morgan fingerprint density at radius 2 is 2.03 bits per heavy atom. The van der Waals surface area contributed by atoms with Crippen molar-refractivity contribution in [2.24, 2.45) is 5.92 Å². The predicted molar refractivity (Wildman–Crippen MR) is 150 cm³/mol. The van der Waals surface area contributed by atoms with Crippen LogP contribution in [0.1, 0.15) is 38.7 Å². The van der Waals surface area contributed by atoms with Gasteiger partial charge in [-0.15, -0.1) is 0 Å². The molecule has 3 N–H and O–H groups in total. The van der Waals surface area contributed by atoms with Gasteiger partial charge in [0.05, 0.1) is 11.8 Å². The molecule has 0 aromatic carbocycles. The van der Waals surface area contributed by atoms with E-state index in [1.807, 2.05) is 19.0 Å². The lowest BCUT2D eigenvalue weighted by Crippen LogP contribution is -2.51. The van der Waals surface area contributed by atoms with Crippen LogP contribution < -0.4 is 16.0 Å². The Labute approximate surface area is 229 Å². The van der Waals surface area contributed by atoms with E-state index in [1.54, 1.807) is 32.3 Å². The average molecular weight is 537 g/mol. The normalized spacial score (nSPS) is 17.1. The van der Waals surface area contributed by atoms with Crippen molar-refractivity contribution in [1.29, 1.82) is 0 Å². The number of carbonyl (C=O) groups excluding carboxylic acids is 2. The first kappa shape index (κ1) is 29.5. The molecule has 10 nitrogen and oxygen atoms in total. The molecule has 2 aromatic heterocycles. The number of nitrogens with one attached hydrogen (secondary N) is 3. The van der Waals surface area contributed by atoms with Crippen LogP contribution in [0.15, 0.2) is 36.7 Å². The van der Waals surface area contributed by atoms with Crippen molar-refractivity contribution >= 4 is 29.3 Å². The van der Waals surface area contributed by atoms with Gasteiger partial charge in [-0.1, -0.05) is 24.8 Å². The summed E-state index contributed by atoms with van der Waals surface area (Å²) in [5, 5.41) is 9.27. The second-order valence-corrected chi connectivity index (χ2v) is 9.81. The Hall–Kier alpha value is -4.04. The molecular formula is C28H37FN8O2. The van der Waals surface area contributed by atoms with Crippen molar-refractivity contribution in [1.82, 2.24) is 30.1 Å². The summed E-state index contributed by atoms with van der Waals surface area (Å²) in [6, 6.07) is 2.34. The van der Waals surface area contributed by atoms with E-state index >= 15 is 0 Å². The minimum atomic E-state index is -0.593. The molecule has 0 radical (unpaired) electrons. The third kappa shape index (κ3) is 9.04. The summed E-state index contributed by atoms with van der Waals surface area (Å²) < 4.78 is 13.4. The molecule has 0 saturated heterocycles. The molecule has 2 heterocycles. The summed E-state index contributed by atoms with van der Waals surface area (Å²) in [6.45, 7) is 5.14. The van der Waals surface area contributed by atoms with Crippen LogP contribution in [0.25, 0.3) is 0 Å². The lowest BCUT2D eigenvalue weighted by atomic mass is 9.80. The van der Waals surface area contributed by atoms with Crippen molar-refractivity contribution in [3.8, 4) is 11.8 Å². The van der Waals surface area contributed by atoms with Crippen molar-refractivity contribution < 1.29 is 14.0 Å². The van der Waals surface area contributed by atoms with Crippen molar-refractivity contribution in [3.05, 3.63) is 48.2 Å². The van der Waals surface area contributed by atoms with Gasteiger partial charge in [-0.3, -0.25) is 9.59 Å². The molecule has 1 fully saturated rings. The number of rotatable bonds is 11. The number of halogens is 1. The molecule has 1 aliphatic carbocycles. The van der Waals surface area contributed by atoms with Gasteiger partial charge in [-0.2, -0.15) is 9.37 Å². The van der Waals surface area contributed by atoms with Crippen molar-refractivity contribution in [3.63, 3.8) is 0 Å². The van der Waals surface area contributed by atoms with Gasteiger partial charge in [0, 0.05) is 56.1 Å². The molecule has 0 aliphatic heterocycles. The molecule has 11 heteroatoms. The zero-order valence-corrected chi connectivity index (χ0v) is 23.2. The van der Waals surface area contributed by atoms with E-state index in [9.17, 15) is 14.0 Å². The van der Waals surface area contributed by atoms with E-state index in [2.05, 4.69) is 49.7 Å². The molecule has 2 amide bonds. The molecule has 1 saturated carbocycles. The second-order valence-electron chi connectivity index (χ2n) is 9.81. The van der Waals surface area contributed by atoms with E-state index in [0.29, 0.717) is 36.1 Å². The Bertz CT molecular complexity index is 1230. The van der Waals surface area contributed by atoms with Gasteiger partial charge in [-0.05, 0) is 46.3 Å². The highest BCUT2D eigenvalue weighted by Gasteiger charge is 2.31. The zero-order valence-electron chi connectivity index (χ0n) is 23.2. The number of anilines is 3. The summed E-state index contributed by atoms with van der Waals surface area (Å²) in [6.07, 6.45) is 8.65. The van der Waals surface area contributed by atoms with Crippen LogP contribution in [0, 0.1) is 23.7 Å². The molecule has 2 aromatic rings.